The van der Waals surface area contributed by atoms with E-state index in [1.165, 1.54) is 0 Å². The Kier molecular flexibility index (Phi) is 4.04. The molecule has 0 aromatic carbocycles. The topological polar surface area (TPSA) is 0 Å². The van der Waals surface area contributed by atoms with Gasteiger partial charge < -0.3 is 0 Å². The normalized spacial score (nSPS) is 14.8. The number of halogens is 1. The Morgan fingerprint density at radius 3 is 2.40 bits per heavy atom. The Morgan fingerprint density at radius 1 is 1.60 bits per heavy atom. The van der Waals surface area contributed by atoms with Crippen LogP contribution in [0.3, 0.4) is 0 Å². The minimum Gasteiger partial charge on any atom is -0.126 e. The van der Waals surface area contributed by atoms with E-state index in [9.17, 15) is 0 Å². The summed E-state index contributed by atoms with van der Waals surface area (Å²) in [6, 6.07) is 0. The summed E-state index contributed by atoms with van der Waals surface area (Å²) >= 11 is 5.68. The van der Waals surface area contributed by atoms with E-state index in [0.717, 1.165) is 12.3 Å². The van der Waals surface area contributed by atoms with Gasteiger partial charge in [0.05, 0.1) is 0 Å². The monoisotopic (exact) mass is 160 g/mol. The molecule has 0 nitrogen and oxygen atoms in total. The molecule has 0 aliphatic heterocycles. The van der Waals surface area contributed by atoms with Crippen LogP contribution in [0.1, 0.15) is 27.2 Å². The van der Waals surface area contributed by atoms with Crippen LogP contribution in [-0.4, -0.2) is 5.88 Å². The Labute approximate surface area is 69.3 Å². The van der Waals surface area contributed by atoms with E-state index in [4.69, 9.17) is 11.6 Å². The number of rotatable bonds is 4. The first kappa shape index (κ1) is 10.0. The molecule has 1 atom stereocenters. The molecule has 0 rings (SSSR count). The average Bonchev–Trinajstić information content (AvgIpc) is 1.87. The van der Waals surface area contributed by atoms with Crippen molar-refractivity contribution in [2.75, 3.05) is 5.88 Å². The van der Waals surface area contributed by atoms with Crippen LogP contribution >= 0.6 is 11.6 Å². The summed E-state index contributed by atoms with van der Waals surface area (Å²) in [5, 5.41) is 0. The fourth-order valence-corrected chi connectivity index (χ4v) is 1.15. The van der Waals surface area contributed by atoms with Crippen molar-refractivity contribution < 1.29 is 0 Å². The van der Waals surface area contributed by atoms with Gasteiger partial charge in [-0.05, 0) is 17.8 Å². The fraction of sp³-hybridized carbons (Fsp3) is 0.778. The Morgan fingerprint density at radius 2 is 2.10 bits per heavy atom. The summed E-state index contributed by atoms with van der Waals surface area (Å²) in [5.74, 6) is 1.34. The molecule has 0 saturated carbocycles. The smallest absolute Gasteiger partial charge is 0.0249 e. The van der Waals surface area contributed by atoms with E-state index in [1.54, 1.807) is 0 Å². The first-order valence-electron chi connectivity index (χ1n) is 3.71. The van der Waals surface area contributed by atoms with E-state index in [2.05, 4.69) is 27.4 Å². The number of allylic oxidation sites excluding steroid dienone is 1. The molecule has 0 heterocycles. The zero-order valence-electron chi connectivity index (χ0n) is 7.15. The van der Waals surface area contributed by atoms with Crippen LogP contribution in [-0.2, 0) is 0 Å². The standard InChI is InChI=1S/C9H17Cl/c1-5-9(3,4)6-8(2)7-10/h5,8H,1,6-7H2,2-4H3. The predicted octanol–water partition coefficient (Wildman–Crippen LogP) is 3.46. The molecular formula is C9H17Cl. The molecule has 0 spiro atoms. The van der Waals surface area contributed by atoms with Gasteiger partial charge in [-0.15, -0.1) is 18.2 Å². The van der Waals surface area contributed by atoms with Crippen molar-refractivity contribution in [1.29, 1.82) is 0 Å². The molecule has 60 valence electrons. The Balaban J connectivity index is 3.75. The minimum atomic E-state index is 0.244. The maximum atomic E-state index is 5.68. The molecule has 10 heavy (non-hydrogen) atoms. The third kappa shape index (κ3) is 3.94. The predicted molar refractivity (Wildman–Crippen MR) is 48.5 cm³/mol. The molecule has 1 unspecified atom stereocenters. The molecule has 0 aromatic rings. The SMILES string of the molecule is C=CC(C)(C)CC(C)CCl. The van der Waals surface area contributed by atoms with Crippen LogP contribution in [0.15, 0.2) is 12.7 Å². The van der Waals surface area contributed by atoms with Gasteiger partial charge in [-0.1, -0.05) is 26.8 Å². The van der Waals surface area contributed by atoms with Gasteiger partial charge >= 0.3 is 0 Å². The molecule has 0 fully saturated rings. The van der Waals surface area contributed by atoms with Gasteiger partial charge in [0.25, 0.3) is 0 Å². The summed E-state index contributed by atoms with van der Waals surface area (Å²) in [4.78, 5) is 0. The van der Waals surface area contributed by atoms with Gasteiger partial charge in [0.15, 0.2) is 0 Å². The van der Waals surface area contributed by atoms with Crippen molar-refractivity contribution in [3.63, 3.8) is 0 Å². The second-order valence-corrected chi connectivity index (χ2v) is 3.96. The average molecular weight is 161 g/mol. The number of hydrogen-bond acceptors (Lipinski definition) is 0. The van der Waals surface area contributed by atoms with Crippen LogP contribution < -0.4 is 0 Å². The summed E-state index contributed by atoms with van der Waals surface area (Å²) in [6.45, 7) is 10.3. The molecule has 0 aliphatic carbocycles. The number of hydrogen-bond donors (Lipinski definition) is 0. The second-order valence-electron chi connectivity index (χ2n) is 3.66. The van der Waals surface area contributed by atoms with E-state index < -0.39 is 0 Å². The highest BCUT2D eigenvalue weighted by Crippen LogP contribution is 2.26. The van der Waals surface area contributed by atoms with Crippen molar-refractivity contribution >= 4 is 11.6 Å². The first-order valence-corrected chi connectivity index (χ1v) is 4.25. The van der Waals surface area contributed by atoms with Gasteiger partial charge in [0.1, 0.15) is 0 Å². The van der Waals surface area contributed by atoms with Crippen LogP contribution in [0.2, 0.25) is 0 Å². The zero-order valence-corrected chi connectivity index (χ0v) is 7.91. The minimum absolute atomic E-state index is 0.244. The third-order valence-electron chi connectivity index (χ3n) is 1.69. The summed E-state index contributed by atoms with van der Waals surface area (Å²) in [5.41, 5.74) is 0.244. The van der Waals surface area contributed by atoms with E-state index >= 15 is 0 Å². The largest absolute Gasteiger partial charge is 0.126 e. The van der Waals surface area contributed by atoms with E-state index in [1.807, 2.05) is 6.08 Å². The van der Waals surface area contributed by atoms with Crippen molar-refractivity contribution in [1.82, 2.24) is 0 Å². The van der Waals surface area contributed by atoms with Crippen LogP contribution in [0, 0.1) is 11.3 Å². The Hall–Kier alpha value is 0.0300. The van der Waals surface area contributed by atoms with Crippen LogP contribution in [0.25, 0.3) is 0 Å². The highest BCUT2D eigenvalue weighted by Gasteiger charge is 2.15. The second kappa shape index (κ2) is 4.02. The maximum Gasteiger partial charge on any atom is 0.0249 e. The summed E-state index contributed by atoms with van der Waals surface area (Å²) in [7, 11) is 0. The maximum absolute atomic E-state index is 5.68. The van der Waals surface area contributed by atoms with E-state index in [-0.39, 0.29) is 5.41 Å². The first-order chi connectivity index (χ1) is 4.52. The molecule has 0 aromatic heterocycles. The van der Waals surface area contributed by atoms with Gasteiger partial charge in [0, 0.05) is 5.88 Å². The van der Waals surface area contributed by atoms with Crippen molar-refractivity contribution in [2.24, 2.45) is 11.3 Å². The fourth-order valence-electron chi connectivity index (χ4n) is 1.04. The summed E-state index contributed by atoms with van der Waals surface area (Å²) < 4.78 is 0. The lowest BCUT2D eigenvalue weighted by Crippen LogP contribution is -2.12. The molecule has 0 saturated heterocycles. The number of alkyl halides is 1. The molecule has 0 bridgehead atoms. The highest BCUT2D eigenvalue weighted by atomic mass is 35.5. The van der Waals surface area contributed by atoms with Crippen LogP contribution in [0.5, 0.6) is 0 Å². The zero-order chi connectivity index (χ0) is 8.20. The Bertz CT molecular complexity index is 105. The van der Waals surface area contributed by atoms with E-state index in [0.29, 0.717) is 5.92 Å². The van der Waals surface area contributed by atoms with Crippen molar-refractivity contribution in [2.45, 2.75) is 27.2 Å². The summed E-state index contributed by atoms with van der Waals surface area (Å²) in [6.07, 6.45) is 3.12. The van der Waals surface area contributed by atoms with Gasteiger partial charge in [0.2, 0.25) is 0 Å². The lowest BCUT2D eigenvalue weighted by Gasteiger charge is -2.22. The lowest BCUT2D eigenvalue weighted by molar-refractivity contribution is 0.369. The molecular weight excluding hydrogens is 144 g/mol. The quantitative estimate of drug-likeness (QED) is 0.437. The molecule has 0 amide bonds. The third-order valence-corrected chi connectivity index (χ3v) is 2.22. The molecule has 0 N–H and O–H groups in total. The van der Waals surface area contributed by atoms with Gasteiger partial charge in [-0.2, -0.15) is 0 Å². The lowest BCUT2D eigenvalue weighted by atomic mass is 9.84. The molecule has 1 heteroatoms. The van der Waals surface area contributed by atoms with Crippen molar-refractivity contribution in [3.05, 3.63) is 12.7 Å². The van der Waals surface area contributed by atoms with Crippen LogP contribution in [0.4, 0.5) is 0 Å². The highest BCUT2D eigenvalue weighted by molar-refractivity contribution is 6.18. The van der Waals surface area contributed by atoms with Gasteiger partial charge in [-0.25, -0.2) is 0 Å². The molecule has 0 radical (unpaired) electrons. The van der Waals surface area contributed by atoms with Crippen molar-refractivity contribution in [3.8, 4) is 0 Å². The molecule has 0 aliphatic rings. The van der Waals surface area contributed by atoms with Gasteiger partial charge in [-0.3, -0.25) is 0 Å².